The molecule has 0 saturated carbocycles. The average molecular weight is 226 g/mol. The molecule has 3 nitrogen and oxygen atoms in total. The lowest BCUT2D eigenvalue weighted by atomic mass is 9.98. The van der Waals surface area contributed by atoms with E-state index in [9.17, 15) is 0 Å². The summed E-state index contributed by atoms with van der Waals surface area (Å²) in [6.07, 6.45) is 4.04. The summed E-state index contributed by atoms with van der Waals surface area (Å²) in [5.74, 6) is 0. The van der Waals surface area contributed by atoms with Crippen LogP contribution >= 0.6 is 11.3 Å². The lowest BCUT2D eigenvalue weighted by Gasteiger charge is -2.30. The Morgan fingerprint density at radius 3 is 3.13 bits per heavy atom. The maximum absolute atomic E-state index is 5.39. The maximum atomic E-state index is 5.39. The summed E-state index contributed by atoms with van der Waals surface area (Å²) < 4.78 is 5.39. The third kappa shape index (κ3) is 2.38. The first kappa shape index (κ1) is 11.0. The summed E-state index contributed by atoms with van der Waals surface area (Å²) in [4.78, 5) is 4.42. The van der Waals surface area contributed by atoms with Crippen LogP contribution in [0.1, 0.15) is 31.7 Å². The summed E-state index contributed by atoms with van der Waals surface area (Å²) in [6.45, 7) is 6.14. The van der Waals surface area contributed by atoms with Gasteiger partial charge in [-0.05, 0) is 19.8 Å². The molecule has 0 amide bonds. The zero-order valence-electron chi connectivity index (χ0n) is 9.32. The van der Waals surface area contributed by atoms with Gasteiger partial charge in [-0.15, -0.1) is 11.3 Å². The van der Waals surface area contributed by atoms with Gasteiger partial charge in [-0.3, -0.25) is 0 Å². The van der Waals surface area contributed by atoms with E-state index in [-0.39, 0.29) is 5.54 Å². The van der Waals surface area contributed by atoms with Crippen LogP contribution in [0.5, 0.6) is 0 Å². The van der Waals surface area contributed by atoms with Crippen molar-refractivity contribution >= 4 is 11.3 Å². The molecule has 15 heavy (non-hydrogen) atoms. The second-order valence-electron chi connectivity index (χ2n) is 4.23. The van der Waals surface area contributed by atoms with Crippen LogP contribution < -0.4 is 5.32 Å². The Morgan fingerprint density at radius 1 is 1.73 bits per heavy atom. The van der Waals surface area contributed by atoms with Gasteiger partial charge in [-0.25, -0.2) is 4.98 Å². The molecule has 0 radical (unpaired) electrons. The predicted octanol–water partition coefficient (Wildman–Crippen LogP) is 2.15. The molecule has 2 atom stereocenters. The van der Waals surface area contributed by atoms with E-state index in [2.05, 4.69) is 24.1 Å². The van der Waals surface area contributed by atoms with Crippen LogP contribution in [0.15, 0.2) is 11.6 Å². The number of aromatic nitrogens is 1. The first-order chi connectivity index (χ1) is 7.24. The maximum Gasteiger partial charge on any atom is 0.112 e. The fraction of sp³-hybridized carbons (Fsp3) is 0.727. The molecule has 1 fully saturated rings. The van der Waals surface area contributed by atoms with Crippen molar-refractivity contribution in [1.82, 2.24) is 10.3 Å². The summed E-state index contributed by atoms with van der Waals surface area (Å²) in [6, 6.07) is 0.485. The molecule has 0 aliphatic carbocycles. The van der Waals surface area contributed by atoms with Crippen LogP contribution in [0, 0.1) is 0 Å². The van der Waals surface area contributed by atoms with E-state index < -0.39 is 0 Å². The Bertz CT molecular complexity index is 296. The van der Waals surface area contributed by atoms with E-state index in [4.69, 9.17) is 4.74 Å². The predicted molar refractivity (Wildman–Crippen MR) is 62.1 cm³/mol. The largest absolute Gasteiger partial charge is 0.380 e. The van der Waals surface area contributed by atoms with Gasteiger partial charge < -0.3 is 10.1 Å². The van der Waals surface area contributed by atoms with Crippen molar-refractivity contribution in [3.05, 3.63) is 16.6 Å². The molecule has 1 aliphatic heterocycles. The van der Waals surface area contributed by atoms with E-state index >= 15 is 0 Å². The number of hydrogen-bond donors (Lipinski definition) is 1. The van der Waals surface area contributed by atoms with Gasteiger partial charge in [-0.2, -0.15) is 0 Å². The Hall–Kier alpha value is -0.450. The van der Waals surface area contributed by atoms with E-state index in [0.717, 1.165) is 26.1 Å². The zero-order chi connectivity index (χ0) is 10.7. The average Bonchev–Trinajstić information content (AvgIpc) is 2.89. The van der Waals surface area contributed by atoms with E-state index in [1.807, 2.05) is 11.6 Å². The number of nitrogens with zero attached hydrogens (tertiary/aromatic N) is 1. The molecule has 84 valence electrons. The van der Waals surface area contributed by atoms with Crippen molar-refractivity contribution in [3.8, 4) is 0 Å². The highest BCUT2D eigenvalue weighted by Gasteiger charge is 2.31. The van der Waals surface area contributed by atoms with E-state index in [1.54, 1.807) is 11.3 Å². The van der Waals surface area contributed by atoms with Gasteiger partial charge in [-0.1, -0.05) is 6.92 Å². The van der Waals surface area contributed by atoms with Gasteiger partial charge in [0.25, 0.3) is 0 Å². The summed E-state index contributed by atoms with van der Waals surface area (Å²) >= 11 is 1.72. The van der Waals surface area contributed by atoms with Gasteiger partial charge in [0.15, 0.2) is 0 Å². The molecule has 0 spiro atoms. The fourth-order valence-electron chi connectivity index (χ4n) is 1.91. The van der Waals surface area contributed by atoms with Crippen LogP contribution in [0.3, 0.4) is 0 Å². The Morgan fingerprint density at radius 2 is 2.60 bits per heavy atom. The second kappa shape index (κ2) is 4.60. The number of thiazole rings is 1. The molecule has 0 aromatic carbocycles. The first-order valence-corrected chi connectivity index (χ1v) is 6.38. The van der Waals surface area contributed by atoms with Crippen molar-refractivity contribution in [1.29, 1.82) is 0 Å². The van der Waals surface area contributed by atoms with E-state index in [0.29, 0.717) is 6.04 Å². The standard InChI is InChI=1S/C11H18N2OS/c1-3-11(2,10-12-5-7-15-10)13-9-4-6-14-8-9/h5,7,9,13H,3-4,6,8H2,1-2H3. The molecular weight excluding hydrogens is 208 g/mol. The molecule has 1 aromatic heterocycles. The van der Waals surface area contributed by atoms with Gasteiger partial charge in [0.1, 0.15) is 5.01 Å². The monoisotopic (exact) mass is 226 g/mol. The number of ether oxygens (including phenoxy) is 1. The second-order valence-corrected chi connectivity index (χ2v) is 5.12. The molecule has 4 heteroatoms. The molecule has 2 heterocycles. The minimum absolute atomic E-state index is 0.00648. The minimum Gasteiger partial charge on any atom is -0.380 e. The first-order valence-electron chi connectivity index (χ1n) is 5.50. The lowest BCUT2D eigenvalue weighted by molar-refractivity contribution is 0.181. The molecule has 2 rings (SSSR count). The van der Waals surface area contributed by atoms with Gasteiger partial charge in [0.05, 0.1) is 12.1 Å². The Kier molecular flexibility index (Phi) is 3.38. The number of hydrogen-bond acceptors (Lipinski definition) is 4. The van der Waals surface area contributed by atoms with Crippen LogP contribution in [-0.4, -0.2) is 24.2 Å². The Labute approximate surface area is 94.9 Å². The van der Waals surface area contributed by atoms with Crippen LogP contribution in [-0.2, 0) is 10.3 Å². The number of nitrogens with one attached hydrogen (secondary N) is 1. The van der Waals surface area contributed by atoms with Crippen molar-refractivity contribution < 1.29 is 4.74 Å². The van der Waals surface area contributed by atoms with Gasteiger partial charge in [0, 0.05) is 24.2 Å². The third-order valence-electron chi connectivity index (χ3n) is 3.06. The topological polar surface area (TPSA) is 34.1 Å². The van der Waals surface area contributed by atoms with Crippen molar-refractivity contribution in [2.45, 2.75) is 38.3 Å². The summed E-state index contributed by atoms with van der Waals surface area (Å²) in [5.41, 5.74) is 0.00648. The Balaban J connectivity index is 2.07. The van der Waals surface area contributed by atoms with Crippen LogP contribution in [0.25, 0.3) is 0 Å². The summed E-state index contributed by atoms with van der Waals surface area (Å²) in [7, 11) is 0. The van der Waals surface area contributed by atoms with Crippen LogP contribution in [0.4, 0.5) is 0 Å². The van der Waals surface area contributed by atoms with Crippen LogP contribution in [0.2, 0.25) is 0 Å². The summed E-state index contributed by atoms with van der Waals surface area (Å²) in [5, 5.41) is 6.88. The van der Waals surface area contributed by atoms with E-state index in [1.165, 1.54) is 5.01 Å². The minimum atomic E-state index is 0.00648. The van der Waals surface area contributed by atoms with Crippen molar-refractivity contribution in [2.24, 2.45) is 0 Å². The lowest BCUT2D eigenvalue weighted by Crippen LogP contribution is -2.45. The molecular formula is C11H18N2OS. The molecule has 0 bridgehead atoms. The quantitative estimate of drug-likeness (QED) is 0.854. The highest BCUT2D eigenvalue weighted by atomic mass is 32.1. The normalized spacial score (nSPS) is 25.3. The number of rotatable bonds is 4. The molecule has 1 saturated heterocycles. The highest BCUT2D eigenvalue weighted by Crippen LogP contribution is 2.27. The van der Waals surface area contributed by atoms with Crippen molar-refractivity contribution in [3.63, 3.8) is 0 Å². The molecule has 1 N–H and O–H groups in total. The van der Waals surface area contributed by atoms with Crippen molar-refractivity contribution in [2.75, 3.05) is 13.2 Å². The SMILES string of the molecule is CCC(C)(NC1CCOC1)c1nccs1. The third-order valence-corrected chi connectivity index (χ3v) is 4.10. The fourth-order valence-corrected chi connectivity index (χ4v) is 2.75. The van der Waals surface area contributed by atoms with Gasteiger partial charge in [0.2, 0.25) is 0 Å². The molecule has 1 aromatic rings. The highest BCUT2D eigenvalue weighted by molar-refractivity contribution is 7.09. The molecule has 1 aliphatic rings. The molecule has 2 unspecified atom stereocenters. The van der Waals surface area contributed by atoms with Gasteiger partial charge >= 0.3 is 0 Å². The smallest absolute Gasteiger partial charge is 0.112 e. The zero-order valence-corrected chi connectivity index (χ0v) is 10.1.